The van der Waals surface area contributed by atoms with Gasteiger partial charge < -0.3 is 21.1 Å². The molecule has 0 saturated carbocycles. The van der Waals surface area contributed by atoms with Crippen LogP contribution in [0.15, 0.2) is 12.1 Å². The molecule has 18 heavy (non-hydrogen) atoms. The van der Waals surface area contributed by atoms with Crippen LogP contribution in [-0.2, 0) is 4.79 Å². The van der Waals surface area contributed by atoms with Crippen LogP contribution in [0.1, 0.15) is 0 Å². The summed E-state index contributed by atoms with van der Waals surface area (Å²) in [6.45, 7) is -1.34. The largest absolute Gasteiger partial charge is 0.482 e. The van der Waals surface area contributed by atoms with Gasteiger partial charge in [-0.1, -0.05) is 0 Å². The van der Waals surface area contributed by atoms with E-state index in [2.05, 4.69) is 10.6 Å². The fraction of sp³-hybridized carbons (Fsp3) is 0.300. The molecule has 0 spiro atoms. The molecule has 1 aromatic rings. The first-order valence-corrected chi connectivity index (χ1v) is 5.02. The van der Waals surface area contributed by atoms with E-state index in [0.29, 0.717) is 11.4 Å². The van der Waals surface area contributed by atoms with Crippen molar-refractivity contribution in [3.05, 3.63) is 12.1 Å². The maximum atomic E-state index is 12.1. The van der Waals surface area contributed by atoms with Crippen LogP contribution in [0.4, 0.5) is 30.2 Å². The van der Waals surface area contributed by atoms with Crippen molar-refractivity contribution in [2.75, 3.05) is 29.5 Å². The van der Waals surface area contributed by atoms with E-state index in [1.165, 1.54) is 12.1 Å². The molecule has 0 atom stereocenters. The Bertz CT molecular complexity index is 488. The van der Waals surface area contributed by atoms with Gasteiger partial charge >= 0.3 is 6.18 Å². The average Bonchev–Trinajstić information content (AvgIpc) is 2.26. The number of carbonyl (C=O) groups excluding carboxylic acids is 1. The Morgan fingerprint density at radius 1 is 1.44 bits per heavy atom. The Hall–Kier alpha value is -2.12. The Kier molecular flexibility index (Phi) is 2.93. The number of fused-ring (bicyclic) bond motifs is 1. The van der Waals surface area contributed by atoms with Crippen molar-refractivity contribution >= 4 is 23.0 Å². The lowest BCUT2D eigenvalue weighted by molar-refractivity contribution is -0.118. The fourth-order valence-electron chi connectivity index (χ4n) is 1.49. The normalized spacial score (nSPS) is 14.5. The summed E-state index contributed by atoms with van der Waals surface area (Å²) in [5, 5.41) is 4.64. The summed E-state index contributed by atoms with van der Waals surface area (Å²) in [5.74, 6) is -0.0290. The molecule has 1 aromatic carbocycles. The molecule has 0 aliphatic carbocycles. The molecule has 5 nitrogen and oxygen atoms in total. The van der Waals surface area contributed by atoms with E-state index in [-0.39, 0.29) is 23.9 Å². The third kappa shape index (κ3) is 2.76. The number of carbonyl (C=O) groups is 1. The van der Waals surface area contributed by atoms with Crippen molar-refractivity contribution in [1.29, 1.82) is 0 Å². The number of nitrogens with one attached hydrogen (secondary N) is 2. The highest BCUT2D eigenvalue weighted by Crippen LogP contribution is 2.35. The number of hydrogen-bond donors (Lipinski definition) is 3. The van der Waals surface area contributed by atoms with E-state index in [4.69, 9.17) is 10.5 Å². The van der Waals surface area contributed by atoms with Crippen LogP contribution in [0, 0.1) is 0 Å². The van der Waals surface area contributed by atoms with Crippen LogP contribution in [0.2, 0.25) is 0 Å². The average molecular weight is 261 g/mol. The van der Waals surface area contributed by atoms with Crippen molar-refractivity contribution < 1.29 is 22.7 Å². The summed E-state index contributed by atoms with van der Waals surface area (Å²) in [6, 6.07) is 2.68. The van der Waals surface area contributed by atoms with Gasteiger partial charge in [-0.15, -0.1) is 0 Å². The molecule has 0 saturated heterocycles. The van der Waals surface area contributed by atoms with Crippen molar-refractivity contribution in [2.24, 2.45) is 0 Å². The minimum Gasteiger partial charge on any atom is -0.482 e. The lowest BCUT2D eigenvalue weighted by atomic mass is 10.2. The maximum Gasteiger partial charge on any atom is 0.405 e. The van der Waals surface area contributed by atoms with Crippen LogP contribution in [0.5, 0.6) is 5.75 Å². The smallest absolute Gasteiger partial charge is 0.405 e. The number of rotatable bonds is 2. The van der Waals surface area contributed by atoms with Crippen LogP contribution >= 0.6 is 0 Å². The molecule has 2 rings (SSSR count). The molecule has 1 aliphatic rings. The number of nitrogens with two attached hydrogens (primary N) is 1. The lowest BCUT2D eigenvalue weighted by Gasteiger charge is -2.20. The van der Waals surface area contributed by atoms with Gasteiger partial charge in [-0.05, 0) is 6.07 Å². The lowest BCUT2D eigenvalue weighted by Crippen LogP contribution is -2.26. The molecule has 0 aromatic heterocycles. The van der Waals surface area contributed by atoms with Gasteiger partial charge in [-0.2, -0.15) is 13.2 Å². The zero-order valence-electron chi connectivity index (χ0n) is 9.10. The van der Waals surface area contributed by atoms with Gasteiger partial charge in [0.05, 0.1) is 17.1 Å². The Morgan fingerprint density at radius 3 is 2.83 bits per heavy atom. The standard InChI is InChI=1S/C10H10F3N3O2/c11-10(12,13)4-15-6-2-7-8(1-5(6)14)18-3-9(17)16-7/h1-2,15H,3-4,14H2,(H,16,17). The predicted molar refractivity (Wildman–Crippen MR) is 59.5 cm³/mol. The van der Waals surface area contributed by atoms with Gasteiger partial charge in [-0.25, -0.2) is 0 Å². The number of anilines is 3. The number of amides is 1. The van der Waals surface area contributed by atoms with Gasteiger partial charge in [0.25, 0.3) is 5.91 Å². The molecule has 1 heterocycles. The Balaban J connectivity index is 2.21. The van der Waals surface area contributed by atoms with E-state index in [0.717, 1.165) is 0 Å². The van der Waals surface area contributed by atoms with Crippen LogP contribution < -0.4 is 21.1 Å². The first-order valence-electron chi connectivity index (χ1n) is 5.02. The Labute approximate surface area is 100 Å². The van der Waals surface area contributed by atoms with Gasteiger partial charge in [0.2, 0.25) is 0 Å². The highest BCUT2D eigenvalue weighted by Gasteiger charge is 2.27. The number of alkyl halides is 3. The molecule has 1 aliphatic heterocycles. The molecule has 0 fully saturated rings. The topological polar surface area (TPSA) is 76.4 Å². The summed E-state index contributed by atoms with van der Waals surface area (Å²) >= 11 is 0. The molecule has 98 valence electrons. The SMILES string of the molecule is Nc1cc2c(cc1NCC(F)(F)F)NC(=O)CO2. The number of ether oxygens (including phenoxy) is 1. The van der Waals surface area contributed by atoms with Crippen molar-refractivity contribution in [1.82, 2.24) is 0 Å². The second-order valence-corrected chi connectivity index (χ2v) is 3.74. The Morgan fingerprint density at radius 2 is 2.17 bits per heavy atom. The van der Waals surface area contributed by atoms with Gasteiger partial charge in [0.1, 0.15) is 12.3 Å². The highest BCUT2D eigenvalue weighted by atomic mass is 19.4. The monoisotopic (exact) mass is 261 g/mol. The zero-order valence-corrected chi connectivity index (χ0v) is 9.10. The number of hydrogen-bond acceptors (Lipinski definition) is 4. The van der Waals surface area contributed by atoms with Gasteiger partial charge in [0, 0.05) is 6.07 Å². The minimum atomic E-state index is -4.35. The van der Waals surface area contributed by atoms with Gasteiger partial charge in [0.15, 0.2) is 6.61 Å². The summed E-state index contributed by atoms with van der Waals surface area (Å²) in [4.78, 5) is 11.1. The number of benzene rings is 1. The van der Waals surface area contributed by atoms with E-state index in [1.807, 2.05) is 0 Å². The molecular weight excluding hydrogens is 251 g/mol. The molecule has 0 unspecified atom stereocenters. The van der Waals surface area contributed by atoms with E-state index < -0.39 is 12.7 Å². The summed E-state index contributed by atoms with van der Waals surface area (Å²) in [6.07, 6.45) is -4.35. The van der Waals surface area contributed by atoms with Crippen LogP contribution in [-0.4, -0.2) is 25.2 Å². The fourth-order valence-corrected chi connectivity index (χ4v) is 1.49. The molecule has 0 bridgehead atoms. The number of halogens is 3. The maximum absolute atomic E-state index is 12.1. The molecule has 0 radical (unpaired) electrons. The molecule has 4 N–H and O–H groups in total. The molecular formula is C10H10F3N3O2. The summed E-state index contributed by atoms with van der Waals surface area (Å²) in [7, 11) is 0. The highest BCUT2D eigenvalue weighted by molar-refractivity contribution is 5.97. The minimum absolute atomic E-state index is 0.0943. The van der Waals surface area contributed by atoms with Crippen molar-refractivity contribution in [2.45, 2.75) is 6.18 Å². The number of nitrogen functional groups attached to an aromatic ring is 1. The second kappa shape index (κ2) is 4.28. The third-order valence-corrected chi connectivity index (χ3v) is 2.26. The first kappa shape index (κ1) is 12.3. The van der Waals surface area contributed by atoms with Crippen molar-refractivity contribution in [3.8, 4) is 5.75 Å². The van der Waals surface area contributed by atoms with E-state index in [9.17, 15) is 18.0 Å². The van der Waals surface area contributed by atoms with Crippen molar-refractivity contribution in [3.63, 3.8) is 0 Å². The van der Waals surface area contributed by atoms with E-state index >= 15 is 0 Å². The molecule has 8 heteroatoms. The van der Waals surface area contributed by atoms with E-state index in [1.54, 1.807) is 0 Å². The third-order valence-electron chi connectivity index (χ3n) is 2.26. The van der Waals surface area contributed by atoms with Crippen LogP contribution in [0.3, 0.4) is 0 Å². The second-order valence-electron chi connectivity index (χ2n) is 3.74. The predicted octanol–water partition coefficient (Wildman–Crippen LogP) is 1.57. The summed E-state index contributed by atoms with van der Waals surface area (Å²) in [5.41, 5.74) is 6.10. The van der Waals surface area contributed by atoms with Crippen LogP contribution in [0.25, 0.3) is 0 Å². The summed E-state index contributed by atoms with van der Waals surface area (Å²) < 4.78 is 41.3. The molecule has 1 amide bonds. The zero-order chi connectivity index (χ0) is 13.3. The first-order chi connectivity index (χ1) is 8.35. The van der Waals surface area contributed by atoms with Gasteiger partial charge in [-0.3, -0.25) is 4.79 Å². The quantitative estimate of drug-likeness (QED) is 0.706.